The first kappa shape index (κ1) is 6.05. The largest absolute Gasteiger partial charge is 0.0937 e. The van der Waals surface area contributed by atoms with Crippen molar-refractivity contribution in [3.8, 4) is 0 Å². The Kier molecular flexibility index (Phi) is 1.31. The molecule has 0 aromatic heterocycles. The van der Waals surface area contributed by atoms with Gasteiger partial charge in [-0.05, 0) is 42.5 Å². The molecule has 3 heteroatoms. The van der Waals surface area contributed by atoms with E-state index in [1.54, 1.807) is 0 Å². The van der Waals surface area contributed by atoms with Gasteiger partial charge in [-0.25, -0.2) is 0 Å². The van der Waals surface area contributed by atoms with Gasteiger partial charge in [-0.15, -0.1) is 0 Å². The van der Waals surface area contributed by atoms with E-state index >= 15 is 0 Å². The highest BCUT2D eigenvalue weighted by atomic mass is 15.1. The summed E-state index contributed by atoms with van der Waals surface area (Å²) in [5.41, 5.74) is 8.06. The third kappa shape index (κ3) is 0.971. The van der Waals surface area contributed by atoms with Crippen molar-refractivity contribution in [2.45, 2.75) is 19.3 Å². The highest BCUT2D eigenvalue weighted by Crippen LogP contribution is 2.54. The maximum absolute atomic E-state index is 8.06. The molecule has 0 aliphatic heterocycles. The molecule has 2 saturated carbocycles. The van der Waals surface area contributed by atoms with E-state index in [0.29, 0.717) is 0 Å². The number of nitrogens with zero attached hydrogens (tertiary/aromatic N) is 3. The zero-order valence-electron chi connectivity index (χ0n) is 5.90. The molecule has 0 amide bonds. The predicted octanol–water partition coefficient (Wildman–Crippen LogP) is 2.34. The van der Waals surface area contributed by atoms with Crippen LogP contribution >= 0.6 is 0 Å². The van der Waals surface area contributed by atoms with Gasteiger partial charge in [-0.3, -0.25) is 0 Å². The van der Waals surface area contributed by atoms with E-state index in [2.05, 4.69) is 10.0 Å². The molecule has 2 rings (SSSR count). The van der Waals surface area contributed by atoms with Gasteiger partial charge in [0.05, 0.1) is 0 Å². The minimum atomic E-state index is 0.722. The van der Waals surface area contributed by atoms with Crippen LogP contribution in [0.15, 0.2) is 5.11 Å². The molecule has 0 heterocycles. The van der Waals surface area contributed by atoms with Crippen LogP contribution in [0.5, 0.6) is 0 Å². The van der Waals surface area contributed by atoms with Crippen LogP contribution in [0.25, 0.3) is 10.4 Å². The third-order valence-corrected chi connectivity index (χ3v) is 2.74. The van der Waals surface area contributed by atoms with E-state index in [1.807, 2.05) is 0 Å². The van der Waals surface area contributed by atoms with E-state index in [0.717, 1.165) is 24.3 Å². The molecular weight excluding hydrogens is 126 g/mol. The molecule has 0 radical (unpaired) electrons. The number of hydrogen-bond acceptors (Lipinski definition) is 1. The van der Waals surface area contributed by atoms with Gasteiger partial charge in [0, 0.05) is 11.5 Å². The Balaban J connectivity index is 1.80. The number of rotatable bonds is 2. The van der Waals surface area contributed by atoms with Gasteiger partial charge in [0.15, 0.2) is 0 Å². The smallest absolute Gasteiger partial charge is 0.0286 e. The Bertz CT molecular complexity index is 173. The summed E-state index contributed by atoms with van der Waals surface area (Å²) >= 11 is 0. The van der Waals surface area contributed by atoms with Crippen LogP contribution in [0.2, 0.25) is 0 Å². The van der Waals surface area contributed by atoms with Crippen LogP contribution in [0.3, 0.4) is 0 Å². The topological polar surface area (TPSA) is 48.8 Å². The molecule has 0 N–H and O–H groups in total. The molecule has 10 heavy (non-hydrogen) atoms. The average molecular weight is 137 g/mol. The van der Waals surface area contributed by atoms with Crippen LogP contribution in [0, 0.1) is 17.8 Å². The molecular formula is C7H11N3. The molecule has 2 aliphatic rings. The fourth-order valence-corrected chi connectivity index (χ4v) is 2.14. The number of hydrogen-bond donors (Lipinski definition) is 0. The third-order valence-electron chi connectivity index (χ3n) is 2.74. The molecule has 0 bridgehead atoms. The molecule has 0 aromatic rings. The van der Waals surface area contributed by atoms with E-state index in [4.69, 9.17) is 5.53 Å². The SMILES string of the molecule is [N-]=[N+]=NCC1C[C@@H]2C[C@H]2C1. The molecule has 0 aromatic carbocycles. The molecule has 2 atom stereocenters. The minimum absolute atomic E-state index is 0.722. The average Bonchev–Trinajstić information content (AvgIpc) is 2.56. The highest BCUT2D eigenvalue weighted by molar-refractivity contribution is 4.96. The lowest BCUT2D eigenvalue weighted by molar-refractivity contribution is 0.498. The summed E-state index contributed by atoms with van der Waals surface area (Å²) < 4.78 is 0. The Morgan fingerprint density at radius 3 is 2.60 bits per heavy atom. The Morgan fingerprint density at radius 1 is 1.30 bits per heavy atom. The monoisotopic (exact) mass is 137 g/mol. The Labute approximate surface area is 60.1 Å². The van der Waals surface area contributed by atoms with E-state index < -0.39 is 0 Å². The summed E-state index contributed by atoms with van der Waals surface area (Å²) in [6, 6.07) is 0. The minimum Gasteiger partial charge on any atom is -0.0937 e. The zero-order chi connectivity index (χ0) is 6.97. The van der Waals surface area contributed by atoms with Crippen molar-refractivity contribution in [1.82, 2.24) is 0 Å². The molecule has 0 unspecified atom stereocenters. The van der Waals surface area contributed by atoms with Gasteiger partial charge < -0.3 is 0 Å². The first-order chi connectivity index (χ1) is 4.90. The van der Waals surface area contributed by atoms with Crippen LogP contribution in [-0.2, 0) is 0 Å². The summed E-state index contributed by atoms with van der Waals surface area (Å²) in [7, 11) is 0. The van der Waals surface area contributed by atoms with Crippen molar-refractivity contribution in [3.05, 3.63) is 10.4 Å². The zero-order valence-corrected chi connectivity index (χ0v) is 5.90. The van der Waals surface area contributed by atoms with Gasteiger partial charge in [0.2, 0.25) is 0 Å². The summed E-state index contributed by atoms with van der Waals surface area (Å²) in [4.78, 5) is 2.76. The predicted molar refractivity (Wildman–Crippen MR) is 38.3 cm³/mol. The lowest BCUT2D eigenvalue weighted by Crippen LogP contribution is -1.99. The summed E-state index contributed by atoms with van der Waals surface area (Å²) in [6.07, 6.45) is 4.10. The van der Waals surface area contributed by atoms with Gasteiger partial charge in [0.1, 0.15) is 0 Å². The van der Waals surface area contributed by atoms with Crippen molar-refractivity contribution < 1.29 is 0 Å². The van der Waals surface area contributed by atoms with Gasteiger partial charge in [-0.2, -0.15) is 0 Å². The molecule has 54 valence electrons. The summed E-state index contributed by atoms with van der Waals surface area (Å²) in [5.74, 6) is 2.75. The Morgan fingerprint density at radius 2 is 2.00 bits per heavy atom. The van der Waals surface area contributed by atoms with Crippen molar-refractivity contribution in [1.29, 1.82) is 0 Å². The summed E-state index contributed by atoms with van der Waals surface area (Å²) in [5, 5.41) is 3.59. The number of azide groups is 1. The van der Waals surface area contributed by atoms with Gasteiger partial charge in [-0.1, -0.05) is 5.11 Å². The summed E-state index contributed by atoms with van der Waals surface area (Å²) in [6.45, 7) is 0.740. The van der Waals surface area contributed by atoms with Crippen molar-refractivity contribution in [2.75, 3.05) is 6.54 Å². The lowest BCUT2D eigenvalue weighted by Gasteiger charge is -2.04. The van der Waals surface area contributed by atoms with Crippen LogP contribution in [0.4, 0.5) is 0 Å². The fraction of sp³-hybridized carbons (Fsp3) is 1.00. The fourth-order valence-electron chi connectivity index (χ4n) is 2.14. The molecule has 0 spiro atoms. The van der Waals surface area contributed by atoms with Gasteiger partial charge in [0.25, 0.3) is 0 Å². The van der Waals surface area contributed by atoms with Crippen LogP contribution in [0.1, 0.15) is 19.3 Å². The molecule has 3 nitrogen and oxygen atoms in total. The van der Waals surface area contributed by atoms with Crippen LogP contribution < -0.4 is 0 Å². The van der Waals surface area contributed by atoms with Crippen molar-refractivity contribution >= 4 is 0 Å². The van der Waals surface area contributed by atoms with Crippen molar-refractivity contribution in [3.63, 3.8) is 0 Å². The quantitative estimate of drug-likeness (QED) is 0.318. The second-order valence-corrected chi connectivity index (χ2v) is 3.51. The second-order valence-electron chi connectivity index (χ2n) is 3.51. The van der Waals surface area contributed by atoms with E-state index in [-0.39, 0.29) is 0 Å². The van der Waals surface area contributed by atoms with E-state index in [9.17, 15) is 0 Å². The molecule has 2 aliphatic carbocycles. The normalized spacial score (nSPS) is 36.8. The number of fused-ring (bicyclic) bond motifs is 1. The van der Waals surface area contributed by atoms with Crippen molar-refractivity contribution in [2.24, 2.45) is 22.9 Å². The maximum atomic E-state index is 8.06. The first-order valence-corrected chi connectivity index (χ1v) is 3.91. The first-order valence-electron chi connectivity index (χ1n) is 3.91. The van der Waals surface area contributed by atoms with E-state index in [1.165, 1.54) is 19.3 Å². The maximum Gasteiger partial charge on any atom is 0.0286 e. The van der Waals surface area contributed by atoms with Gasteiger partial charge >= 0.3 is 0 Å². The lowest BCUT2D eigenvalue weighted by atomic mass is 10.0. The standard InChI is InChI=1S/C7H11N3/c8-10-9-4-5-1-6-3-7(6)2-5/h5-7H,1-4H2/t6-,7-/m1/s1. The second kappa shape index (κ2) is 2.17. The van der Waals surface area contributed by atoms with Crippen LogP contribution in [-0.4, -0.2) is 6.54 Å². The molecule has 2 fully saturated rings. The Hall–Kier alpha value is -0.690. The highest BCUT2D eigenvalue weighted by Gasteiger charge is 2.45. The molecule has 0 saturated heterocycles.